The predicted octanol–water partition coefficient (Wildman–Crippen LogP) is -0.0125. The van der Waals surface area contributed by atoms with Crippen LogP contribution in [0.4, 0.5) is 0 Å². The molecule has 0 aromatic carbocycles. The molecule has 54 valence electrons. The summed E-state index contributed by atoms with van der Waals surface area (Å²) in [5, 5.41) is 11.6. The molecule has 0 spiro atoms. The number of hydrogen-bond donors (Lipinski definition) is 2. The van der Waals surface area contributed by atoms with Crippen molar-refractivity contribution in [1.29, 1.82) is 0 Å². The highest BCUT2D eigenvalue weighted by Gasteiger charge is 2.39. The zero-order chi connectivity index (χ0) is 7.14. The summed E-state index contributed by atoms with van der Waals surface area (Å²) in [4.78, 5) is 10.5. The first kappa shape index (κ1) is 5.92. The fourth-order valence-electron chi connectivity index (χ4n) is 1.71. The minimum Gasteiger partial charge on any atom is -0.480 e. The number of carboxylic acids is 1. The third-order valence-electron chi connectivity index (χ3n) is 2.20. The van der Waals surface area contributed by atoms with Crippen LogP contribution in [0.5, 0.6) is 0 Å². The Labute approximate surface area is 58.7 Å². The molecule has 2 N–H and O–H groups in total. The Hall–Kier alpha value is -0.830. The van der Waals surface area contributed by atoms with Crippen LogP contribution in [0.3, 0.4) is 0 Å². The van der Waals surface area contributed by atoms with E-state index in [-0.39, 0.29) is 12.0 Å². The highest BCUT2D eigenvalue weighted by molar-refractivity contribution is 5.75. The van der Waals surface area contributed by atoms with Crippen molar-refractivity contribution in [2.75, 3.05) is 0 Å². The maximum Gasteiger partial charge on any atom is 0.321 e. The van der Waals surface area contributed by atoms with Gasteiger partial charge in [-0.1, -0.05) is 12.2 Å². The Balaban J connectivity index is 2.16. The van der Waals surface area contributed by atoms with Gasteiger partial charge < -0.3 is 5.11 Å². The van der Waals surface area contributed by atoms with E-state index in [0.29, 0.717) is 6.04 Å². The van der Waals surface area contributed by atoms with Crippen LogP contribution in [0.1, 0.15) is 6.42 Å². The van der Waals surface area contributed by atoms with Crippen molar-refractivity contribution in [2.45, 2.75) is 18.5 Å². The van der Waals surface area contributed by atoms with Crippen molar-refractivity contribution in [3.63, 3.8) is 0 Å². The lowest BCUT2D eigenvalue weighted by Crippen LogP contribution is -2.39. The monoisotopic (exact) mass is 139 g/mol. The predicted molar refractivity (Wildman–Crippen MR) is 35.6 cm³/mol. The van der Waals surface area contributed by atoms with Gasteiger partial charge in [-0.15, -0.1) is 0 Å². The van der Waals surface area contributed by atoms with E-state index in [9.17, 15) is 4.79 Å². The Kier molecular flexibility index (Phi) is 1.08. The molecule has 0 aromatic rings. The second-order valence-electron chi connectivity index (χ2n) is 2.87. The second kappa shape index (κ2) is 1.83. The van der Waals surface area contributed by atoms with Gasteiger partial charge >= 0.3 is 5.97 Å². The van der Waals surface area contributed by atoms with Gasteiger partial charge in [0.25, 0.3) is 0 Å². The van der Waals surface area contributed by atoms with Crippen LogP contribution in [-0.4, -0.2) is 23.2 Å². The van der Waals surface area contributed by atoms with Gasteiger partial charge in [0.15, 0.2) is 0 Å². The van der Waals surface area contributed by atoms with Gasteiger partial charge in [-0.2, -0.15) is 0 Å². The Morgan fingerprint density at radius 1 is 1.60 bits per heavy atom. The van der Waals surface area contributed by atoms with Gasteiger partial charge in [-0.05, 0) is 6.42 Å². The van der Waals surface area contributed by atoms with Gasteiger partial charge in [0.1, 0.15) is 6.04 Å². The average Bonchev–Trinajstić information content (AvgIpc) is 2.44. The average molecular weight is 139 g/mol. The molecule has 3 heteroatoms. The molecule has 10 heavy (non-hydrogen) atoms. The lowest BCUT2D eigenvalue weighted by atomic mass is 10.0. The normalized spacial score (nSPS) is 42.6. The molecule has 1 fully saturated rings. The first-order chi connectivity index (χ1) is 4.77. The molecule has 1 saturated heterocycles. The quantitative estimate of drug-likeness (QED) is 0.502. The molecule has 1 aliphatic carbocycles. The van der Waals surface area contributed by atoms with E-state index in [1.165, 1.54) is 0 Å². The van der Waals surface area contributed by atoms with Crippen LogP contribution >= 0.6 is 0 Å². The summed E-state index contributed by atoms with van der Waals surface area (Å²) in [6.45, 7) is 0. The number of carbonyl (C=O) groups is 1. The number of hydrogen-bond acceptors (Lipinski definition) is 2. The minimum absolute atomic E-state index is 0.238. The molecule has 3 atom stereocenters. The molecule has 0 radical (unpaired) electrons. The Morgan fingerprint density at radius 2 is 2.40 bits per heavy atom. The number of carboxylic acid groups (broad SMARTS) is 1. The minimum atomic E-state index is -0.725. The third-order valence-corrected chi connectivity index (χ3v) is 2.20. The molecule has 1 heterocycles. The van der Waals surface area contributed by atoms with Crippen molar-refractivity contribution < 1.29 is 9.90 Å². The van der Waals surface area contributed by atoms with E-state index in [1.807, 2.05) is 12.2 Å². The standard InChI is InChI=1S/C7H9NO2/c9-7(10)6-4-1-2-5(3-4)8-6/h1-2,4-6,8H,3H2,(H,9,10)/t4-,5+,6-/m0/s1. The van der Waals surface area contributed by atoms with Crippen LogP contribution in [0.2, 0.25) is 0 Å². The first-order valence-electron chi connectivity index (χ1n) is 3.44. The van der Waals surface area contributed by atoms with Crippen LogP contribution < -0.4 is 5.32 Å². The molecule has 3 nitrogen and oxygen atoms in total. The lowest BCUT2D eigenvalue weighted by Gasteiger charge is -2.13. The number of rotatable bonds is 1. The molecule has 2 rings (SSSR count). The summed E-state index contributed by atoms with van der Waals surface area (Å²) in [7, 11) is 0. The van der Waals surface area contributed by atoms with E-state index in [0.717, 1.165) is 6.42 Å². The van der Waals surface area contributed by atoms with E-state index in [2.05, 4.69) is 5.32 Å². The van der Waals surface area contributed by atoms with Gasteiger partial charge in [0.2, 0.25) is 0 Å². The van der Waals surface area contributed by atoms with Gasteiger partial charge in [-0.25, -0.2) is 0 Å². The molecule has 0 amide bonds. The van der Waals surface area contributed by atoms with Crippen molar-refractivity contribution in [2.24, 2.45) is 5.92 Å². The van der Waals surface area contributed by atoms with Crippen LogP contribution in [0.25, 0.3) is 0 Å². The largest absolute Gasteiger partial charge is 0.480 e. The topological polar surface area (TPSA) is 49.3 Å². The van der Waals surface area contributed by atoms with Crippen LogP contribution in [0, 0.1) is 5.92 Å². The van der Waals surface area contributed by atoms with Crippen LogP contribution in [-0.2, 0) is 4.79 Å². The number of fused-ring (bicyclic) bond motifs is 2. The van der Waals surface area contributed by atoms with E-state index in [1.54, 1.807) is 0 Å². The summed E-state index contributed by atoms with van der Waals surface area (Å²) in [5.74, 6) is -0.487. The summed E-state index contributed by atoms with van der Waals surface area (Å²) < 4.78 is 0. The molecule has 2 aliphatic rings. The lowest BCUT2D eigenvalue weighted by molar-refractivity contribution is -0.139. The summed E-state index contributed by atoms with van der Waals surface area (Å²) in [6, 6.07) is 0.00102. The van der Waals surface area contributed by atoms with Crippen LogP contribution in [0.15, 0.2) is 12.2 Å². The van der Waals surface area contributed by atoms with Gasteiger partial charge in [0.05, 0.1) is 0 Å². The van der Waals surface area contributed by atoms with Crippen molar-refractivity contribution in [3.05, 3.63) is 12.2 Å². The fourth-order valence-corrected chi connectivity index (χ4v) is 1.71. The molecule has 0 unspecified atom stereocenters. The second-order valence-corrected chi connectivity index (χ2v) is 2.87. The van der Waals surface area contributed by atoms with Gasteiger partial charge in [0, 0.05) is 12.0 Å². The number of aliphatic carboxylic acids is 1. The third kappa shape index (κ3) is 0.671. The van der Waals surface area contributed by atoms with Crippen molar-refractivity contribution in [3.8, 4) is 0 Å². The smallest absolute Gasteiger partial charge is 0.321 e. The molecular weight excluding hydrogens is 130 g/mol. The van der Waals surface area contributed by atoms with Gasteiger partial charge in [-0.3, -0.25) is 10.1 Å². The molecule has 1 aliphatic heterocycles. The highest BCUT2D eigenvalue weighted by Crippen LogP contribution is 2.28. The van der Waals surface area contributed by atoms with E-state index < -0.39 is 5.97 Å². The summed E-state index contributed by atoms with van der Waals surface area (Å²) in [5.41, 5.74) is 0. The highest BCUT2D eigenvalue weighted by atomic mass is 16.4. The van der Waals surface area contributed by atoms with Crippen molar-refractivity contribution >= 4 is 5.97 Å². The van der Waals surface area contributed by atoms with E-state index >= 15 is 0 Å². The maximum absolute atomic E-state index is 10.5. The SMILES string of the molecule is O=C(O)[C@H]1N[C@@H]2C=C[C@H]1C2. The zero-order valence-electron chi connectivity index (χ0n) is 5.45. The van der Waals surface area contributed by atoms with Crippen molar-refractivity contribution in [1.82, 2.24) is 5.32 Å². The first-order valence-corrected chi connectivity index (χ1v) is 3.44. The Bertz CT molecular complexity index is 200. The maximum atomic E-state index is 10.5. The molecular formula is C7H9NO2. The summed E-state index contributed by atoms with van der Waals surface area (Å²) in [6.07, 6.45) is 5.01. The Morgan fingerprint density at radius 3 is 2.70 bits per heavy atom. The fraction of sp³-hybridized carbons (Fsp3) is 0.571. The zero-order valence-corrected chi connectivity index (χ0v) is 5.45. The number of nitrogens with one attached hydrogen (secondary N) is 1. The molecule has 0 aromatic heterocycles. The molecule has 2 bridgehead atoms. The van der Waals surface area contributed by atoms with E-state index in [4.69, 9.17) is 5.11 Å². The summed E-state index contributed by atoms with van der Waals surface area (Å²) >= 11 is 0. The molecule has 0 saturated carbocycles.